The first-order chi connectivity index (χ1) is 14.5. The van der Waals surface area contributed by atoms with Crippen molar-refractivity contribution in [3.8, 4) is 0 Å². The summed E-state index contributed by atoms with van der Waals surface area (Å²) in [6, 6.07) is 0. The summed E-state index contributed by atoms with van der Waals surface area (Å²) in [5, 5.41) is 8.50. The second-order valence-electron chi connectivity index (χ2n) is 7.23. The molecule has 0 heterocycles. The van der Waals surface area contributed by atoms with Gasteiger partial charge in [-0.2, -0.15) is 26.0 Å². The molecule has 192 valence electrons. The smallest absolute Gasteiger partial charge is 0.422 e. The maximum absolute atomic E-state index is 14.7. The molecular formula is C18H29F6IO6S. The predicted octanol–water partition coefficient (Wildman–Crippen LogP) is 5.90. The van der Waals surface area contributed by atoms with E-state index in [0.29, 0.717) is 32.8 Å². The standard InChI is InChI=1S/C18H29F6IO6S/c1-15(19,18(24,25-2)32(28,29)30-3)31-17(22,23)16(20,21)13-11-9-7-5-4-6-8-10-12-14(26)27/h2,4-13H2,1,3H3,(H,26,27). The van der Waals surface area contributed by atoms with Crippen LogP contribution in [0.25, 0.3) is 0 Å². The number of carboxylic acids is 1. The van der Waals surface area contributed by atoms with Crippen LogP contribution in [0.1, 0.15) is 71.1 Å². The second kappa shape index (κ2) is 12.8. The van der Waals surface area contributed by atoms with Gasteiger partial charge in [-0.05, 0) is 12.8 Å². The first kappa shape index (κ1) is 31.5. The molecule has 0 saturated carbocycles. The molecule has 0 fully saturated rings. The van der Waals surface area contributed by atoms with Gasteiger partial charge in [0.25, 0.3) is 5.85 Å². The zero-order valence-corrected chi connectivity index (χ0v) is 20.8. The van der Waals surface area contributed by atoms with Gasteiger partial charge in [0.1, 0.15) is 0 Å². The zero-order valence-electron chi connectivity index (χ0n) is 17.8. The van der Waals surface area contributed by atoms with E-state index in [1.165, 1.54) is 0 Å². The lowest BCUT2D eigenvalue weighted by Crippen LogP contribution is -2.56. The molecule has 0 bridgehead atoms. The van der Waals surface area contributed by atoms with Gasteiger partial charge in [-0.3, -0.25) is 13.7 Å². The number of carbonyl (C=O) groups is 1. The molecule has 14 heteroatoms. The molecule has 6 nitrogen and oxygen atoms in total. The van der Waals surface area contributed by atoms with E-state index in [9.17, 15) is 39.6 Å². The largest absolute Gasteiger partial charge is 0.481 e. The van der Waals surface area contributed by atoms with Crippen LogP contribution in [-0.2, 0) is 23.8 Å². The summed E-state index contributed by atoms with van der Waals surface area (Å²) >= 11 is -2.58. The number of hydrogen-bond donors (Lipinski definition) is 1. The lowest BCUT2D eigenvalue weighted by atomic mass is 10.0. The molecule has 0 aromatic rings. The number of aliphatic carboxylic acids is 1. The van der Waals surface area contributed by atoms with Crippen LogP contribution >= 0.6 is 20.7 Å². The van der Waals surface area contributed by atoms with Gasteiger partial charge < -0.3 is 5.11 Å². The average Bonchev–Trinajstić information content (AvgIpc) is 2.67. The van der Waals surface area contributed by atoms with Crippen LogP contribution in [0.5, 0.6) is 0 Å². The molecule has 2 atom stereocenters. The molecule has 0 aromatic heterocycles. The third-order valence-electron chi connectivity index (χ3n) is 4.60. The summed E-state index contributed by atoms with van der Waals surface area (Å²) in [7, 11) is -4.95. The third kappa shape index (κ3) is 8.70. The van der Waals surface area contributed by atoms with Gasteiger partial charge in [-0.15, -0.1) is 0 Å². The molecular weight excluding hydrogens is 585 g/mol. The van der Waals surface area contributed by atoms with Crippen LogP contribution in [0.15, 0.2) is 0 Å². The average molecular weight is 614 g/mol. The van der Waals surface area contributed by atoms with E-state index in [4.69, 9.17) is 5.11 Å². The van der Waals surface area contributed by atoms with Crippen molar-refractivity contribution in [3.63, 3.8) is 0 Å². The highest BCUT2D eigenvalue weighted by atomic mass is 127. The topological polar surface area (TPSA) is 89.9 Å². The lowest BCUT2D eigenvalue weighted by molar-refractivity contribution is -0.405. The molecule has 0 radical (unpaired) electrons. The lowest BCUT2D eigenvalue weighted by Gasteiger charge is -2.36. The van der Waals surface area contributed by atoms with E-state index in [0.717, 1.165) is 12.8 Å². The number of unbranched alkanes of at least 4 members (excludes halogenated alkanes) is 7. The van der Waals surface area contributed by atoms with E-state index in [-0.39, 0.29) is 26.2 Å². The van der Waals surface area contributed by atoms with Crippen molar-refractivity contribution in [1.82, 2.24) is 0 Å². The van der Waals surface area contributed by atoms with Crippen LogP contribution in [0.3, 0.4) is 0 Å². The number of carboxylic acid groups (broad SMARTS) is 1. The summed E-state index contributed by atoms with van der Waals surface area (Å²) in [6.07, 6.45) is -3.15. The van der Waals surface area contributed by atoms with Crippen molar-refractivity contribution in [2.24, 2.45) is 0 Å². The van der Waals surface area contributed by atoms with Gasteiger partial charge in [0.05, 0.1) is 7.11 Å². The molecule has 0 amide bonds. The minimum Gasteiger partial charge on any atom is -0.481 e. The van der Waals surface area contributed by atoms with Crippen LogP contribution in [-0.4, -0.2) is 52.0 Å². The SMILES string of the molecule is C=IC(F)(C(C)(F)OC(F)(F)C(F)(F)CCCCCCCCCCC(=O)O)S(=O)(=O)OC. The first-order valence-corrected chi connectivity index (χ1v) is 13.8. The maximum Gasteiger partial charge on any atom is 0.422 e. The zero-order chi connectivity index (χ0) is 25.3. The molecule has 0 aliphatic heterocycles. The first-order valence-electron chi connectivity index (χ1n) is 9.75. The molecule has 0 aromatic carbocycles. The summed E-state index contributed by atoms with van der Waals surface area (Å²) in [4.78, 5) is 10.4. The Morgan fingerprint density at radius 3 is 1.78 bits per heavy atom. The Labute approximate surface area is 193 Å². The summed E-state index contributed by atoms with van der Waals surface area (Å²) in [6.45, 7) is -0.0189. The Morgan fingerprint density at radius 2 is 1.38 bits per heavy atom. The summed E-state index contributed by atoms with van der Waals surface area (Å²) < 4.78 is 115. The van der Waals surface area contributed by atoms with E-state index >= 15 is 0 Å². The van der Waals surface area contributed by atoms with Crippen molar-refractivity contribution in [2.75, 3.05) is 7.11 Å². The summed E-state index contributed by atoms with van der Waals surface area (Å²) in [5.74, 6) is -10.1. The molecule has 0 saturated heterocycles. The molecule has 0 aliphatic rings. The van der Waals surface area contributed by atoms with E-state index in [2.05, 4.69) is 13.4 Å². The minimum absolute atomic E-state index is 0.0189. The molecule has 1 N–H and O–H groups in total. The molecule has 0 spiro atoms. The fourth-order valence-electron chi connectivity index (χ4n) is 2.72. The molecule has 32 heavy (non-hydrogen) atoms. The van der Waals surface area contributed by atoms with Crippen molar-refractivity contribution < 1.29 is 53.6 Å². The Balaban J connectivity index is 4.72. The van der Waals surface area contributed by atoms with Gasteiger partial charge in [0.2, 0.25) is 0 Å². The maximum atomic E-state index is 14.7. The Bertz CT molecular complexity index is 719. The van der Waals surface area contributed by atoms with Crippen molar-refractivity contribution in [1.29, 1.82) is 0 Å². The van der Waals surface area contributed by atoms with Crippen LogP contribution in [0.4, 0.5) is 26.3 Å². The van der Waals surface area contributed by atoms with E-state index in [1.807, 2.05) is 0 Å². The molecule has 2 unspecified atom stereocenters. The number of halogens is 7. The van der Waals surface area contributed by atoms with Gasteiger partial charge in [-0.1, -0.05) is 63.8 Å². The van der Waals surface area contributed by atoms with Crippen molar-refractivity contribution in [2.45, 2.75) is 92.0 Å². The Morgan fingerprint density at radius 1 is 0.938 bits per heavy atom. The predicted molar refractivity (Wildman–Crippen MR) is 115 cm³/mol. The van der Waals surface area contributed by atoms with Crippen molar-refractivity contribution >= 4 is 41.3 Å². The fraction of sp³-hybridized carbons (Fsp3) is 0.889. The van der Waals surface area contributed by atoms with Gasteiger partial charge >= 0.3 is 31.1 Å². The van der Waals surface area contributed by atoms with Crippen LogP contribution in [0.2, 0.25) is 0 Å². The normalized spacial score (nSPS) is 17.0. The van der Waals surface area contributed by atoms with Crippen molar-refractivity contribution in [3.05, 3.63) is 0 Å². The van der Waals surface area contributed by atoms with Crippen LogP contribution < -0.4 is 0 Å². The highest BCUT2D eigenvalue weighted by molar-refractivity contribution is 14.2. The highest BCUT2D eigenvalue weighted by Gasteiger charge is 2.68. The second-order valence-corrected chi connectivity index (χ2v) is 12.0. The van der Waals surface area contributed by atoms with E-state index in [1.54, 1.807) is 0 Å². The quantitative estimate of drug-likeness (QED) is 0.0680. The number of alkyl halides is 7. The monoisotopic (exact) mass is 614 g/mol. The number of ether oxygens (including phenoxy) is 1. The fourth-order valence-corrected chi connectivity index (χ4v) is 6.02. The third-order valence-corrected chi connectivity index (χ3v) is 10.3. The molecule has 0 rings (SSSR count). The van der Waals surface area contributed by atoms with Gasteiger partial charge in [-0.25, -0.2) is 8.78 Å². The van der Waals surface area contributed by atoms with Gasteiger partial charge in [0.15, 0.2) is 0 Å². The number of hydrogen-bond acceptors (Lipinski definition) is 5. The highest BCUT2D eigenvalue weighted by Crippen LogP contribution is 2.51. The van der Waals surface area contributed by atoms with Crippen LogP contribution in [0, 0.1) is 0 Å². The molecule has 0 aliphatic carbocycles. The summed E-state index contributed by atoms with van der Waals surface area (Å²) in [5.41, 5.74) is 0. The van der Waals surface area contributed by atoms with E-state index < -0.39 is 64.1 Å². The Hall–Kier alpha value is -0.480. The van der Waals surface area contributed by atoms with Gasteiger partial charge in [0, 0.05) is 19.8 Å². The Kier molecular flexibility index (Phi) is 12.6. The number of rotatable bonds is 18. The minimum atomic E-state index is -5.49.